The predicted octanol–water partition coefficient (Wildman–Crippen LogP) is 3.22. The van der Waals surface area contributed by atoms with Crippen molar-refractivity contribution in [2.24, 2.45) is 0 Å². The molecule has 0 atom stereocenters. The minimum absolute atomic E-state index is 0.129. The highest BCUT2D eigenvalue weighted by Crippen LogP contribution is 2.23. The number of sulfonamides is 1. The molecule has 7 heteroatoms. The molecule has 2 aromatic rings. The summed E-state index contributed by atoms with van der Waals surface area (Å²) in [6.45, 7) is 1.98. The van der Waals surface area contributed by atoms with Gasteiger partial charge in [-0.25, -0.2) is 13.1 Å². The van der Waals surface area contributed by atoms with E-state index in [1.165, 1.54) is 11.1 Å². The van der Waals surface area contributed by atoms with Gasteiger partial charge in [-0.3, -0.25) is 0 Å². The van der Waals surface area contributed by atoms with Crippen LogP contribution in [0.2, 0.25) is 10.0 Å². The van der Waals surface area contributed by atoms with E-state index in [-0.39, 0.29) is 12.3 Å². The Morgan fingerprint density at radius 1 is 0.957 bits per heavy atom. The fraction of sp³-hybridized carbons (Fsp3) is 0.250. The maximum absolute atomic E-state index is 12.2. The Bertz CT molecular complexity index is 838. The highest BCUT2D eigenvalue weighted by molar-refractivity contribution is 7.88. The van der Waals surface area contributed by atoms with E-state index in [9.17, 15) is 8.42 Å². The third-order valence-electron chi connectivity index (χ3n) is 3.74. The van der Waals surface area contributed by atoms with Gasteiger partial charge in [-0.15, -0.1) is 0 Å². The zero-order valence-electron chi connectivity index (χ0n) is 12.3. The lowest BCUT2D eigenvalue weighted by molar-refractivity contribution is 0.580. The van der Waals surface area contributed by atoms with Crippen molar-refractivity contribution in [1.82, 2.24) is 10.0 Å². The molecule has 23 heavy (non-hydrogen) atoms. The minimum Gasteiger partial charge on any atom is -0.309 e. The predicted molar refractivity (Wildman–Crippen MR) is 92.9 cm³/mol. The molecule has 0 aromatic heterocycles. The molecule has 0 saturated heterocycles. The number of hydrogen-bond acceptors (Lipinski definition) is 3. The van der Waals surface area contributed by atoms with Gasteiger partial charge in [-0.2, -0.15) is 0 Å². The average molecular weight is 371 g/mol. The van der Waals surface area contributed by atoms with Gasteiger partial charge < -0.3 is 5.32 Å². The Hall–Kier alpha value is -1.11. The summed E-state index contributed by atoms with van der Waals surface area (Å²) >= 11 is 11.8. The van der Waals surface area contributed by atoms with Crippen LogP contribution in [0, 0.1) is 0 Å². The van der Waals surface area contributed by atoms with Gasteiger partial charge in [0.2, 0.25) is 10.0 Å². The molecule has 0 amide bonds. The van der Waals surface area contributed by atoms with E-state index in [0.29, 0.717) is 15.6 Å². The molecule has 2 aromatic carbocycles. The Morgan fingerprint density at radius 2 is 1.70 bits per heavy atom. The largest absolute Gasteiger partial charge is 0.309 e. The molecule has 2 N–H and O–H groups in total. The molecule has 0 radical (unpaired) electrons. The molecule has 1 heterocycles. The molecule has 4 nitrogen and oxygen atoms in total. The summed E-state index contributed by atoms with van der Waals surface area (Å²) in [5.41, 5.74) is 4.05. The second kappa shape index (κ2) is 6.79. The lowest BCUT2D eigenvalue weighted by Crippen LogP contribution is -2.24. The number of halogens is 2. The zero-order chi connectivity index (χ0) is 16.4. The van der Waals surface area contributed by atoms with Crippen molar-refractivity contribution in [2.45, 2.75) is 25.4 Å². The summed E-state index contributed by atoms with van der Waals surface area (Å²) in [5.74, 6) is -0.129. The second-order valence-corrected chi connectivity index (χ2v) is 8.16. The van der Waals surface area contributed by atoms with Crippen LogP contribution in [0.25, 0.3) is 0 Å². The standard InChI is InChI=1S/C16H16Cl2N2O2S/c17-15-4-2-12(6-16(15)18)10-23(21,22)20-7-11-1-3-13-8-19-9-14(13)5-11/h1-6,19-20H,7-10H2. The first kappa shape index (κ1) is 16.7. The van der Waals surface area contributed by atoms with Crippen LogP contribution in [-0.2, 0) is 35.4 Å². The van der Waals surface area contributed by atoms with Crippen molar-refractivity contribution in [3.8, 4) is 0 Å². The van der Waals surface area contributed by atoms with Gasteiger partial charge in [-0.05, 0) is 34.4 Å². The van der Waals surface area contributed by atoms with Crippen molar-refractivity contribution in [1.29, 1.82) is 0 Å². The molecule has 0 spiro atoms. The van der Waals surface area contributed by atoms with Crippen molar-refractivity contribution >= 4 is 33.2 Å². The van der Waals surface area contributed by atoms with Gasteiger partial charge in [0.25, 0.3) is 0 Å². The Labute approximate surface area is 145 Å². The number of fused-ring (bicyclic) bond motifs is 1. The number of hydrogen-bond donors (Lipinski definition) is 2. The fourth-order valence-electron chi connectivity index (χ4n) is 2.55. The summed E-state index contributed by atoms with van der Waals surface area (Å²) in [5, 5.41) is 4.03. The van der Waals surface area contributed by atoms with E-state index in [0.717, 1.165) is 18.7 Å². The number of rotatable bonds is 5. The third kappa shape index (κ3) is 4.25. The van der Waals surface area contributed by atoms with Crippen LogP contribution in [0.3, 0.4) is 0 Å². The molecule has 0 bridgehead atoms. The molecule has 0 fully saturated rings. The Kier molecular flexibility index (Phi) is 4.94. The van der Waals surface area contributed by atoms with Crippen LogP contribution in [0.4, 0.5) is 0 Å². The smallest absolute Gasteiger partial charge is 0.216 e. The van der Waals surface area contributed by atoms with Gasteiger partial charge >= 0.3 is 0 Å². The Morgan fingerprint density at radius 3 is 2.48 bits per heavy atom. The van der Waals surface area contributed by atoms with Crippen LogP contribution in [0.15, 0.2) is 36.4 Å². The van der Waals surface area contributed by atoms with Crippen LogP contribution < -0.4 is 10.0 Å². The van der Waals surface area contributed by atoms with E-state index in [1.807, 2.05) is 18.2 Å². The van der Waals surface area contributed by atoms with Crippen molar-refractivity contribution < 1.29 is 8.42 Å². The third-order valence-corrected chi connectivity index (χ3v) is 5.78. The lowest BCUT2D eigenvalue weighted by atomic mass is 10.1. The molecule has 0 saturated carbocycles. The SMILES string of the molecule is O=S(=O)(Cc1ccc(Cl)c(Cl)c1)NCc1ccc2c(c1)CNC2. The van der Waals surface area contributed by atoms with Crippen LogP contribution in [0.5, 0.6) is 0 Å². The molecule has 0 aliphatic carbocycles. The first-order valence-electron chi connectivity index (χ1n) is 7.16. The monoisotopic (exact) mass is 370 g/mol. The van der Waals surface area contributed by atoms with Gasteiger partial charge in [-0.1, -0.05) is 47.5 Å². The molecular formula is C16H16Cl2N2O2S. The van der Waals surface area contributed by atoms with E-state index >= 15 is 0 Å². The van der Waals surface area contributed by atoms with E-state index in [2.05, 4.69) is 10.0 Å². The number of benzene rings is 2. The molecule has 1 aliphatic heterocycles. The van der Waals surface area contributed by atoms with Gasteiger partial charge in [0.05, 0.1) is 15.8 Å². The molecular weight excluding hydrogens is 355 g/mol. The maximum Gasteiger partial charge on any atom is 0.216 e. The molecule has 122 valence electrons. The van der Waals surface area contributed by atoms with E-state index in [1.54, 1.807) is 18.2 Å². The first-order chi connectivity index (χ1) is 10.9. The fourth-order valence-corrected chi connectivity index (χ4v) is 3.98. The summed E-state index contributed by atoms with van der Waals surface area (Å²) < 4.78 is 27.0. The van der Waals surface area contributed by atoms with E-state index < -0.39 is 10.0 Å². The lowest BCUT2D eigenvalue weighted by Gasteiger charge is -2.09. The van der Waals surface area contributed by atoms with Gasteiger partial charge in [0.15, 0.2) is 0 Å². The van der Waals surface area contributed by atoms with Crippen molar-refractivity contribution in [2.75, 3.05) is 0 Å². The van der Waals surface area contributed by atoms with Crippen LogP contribution in [-0.4, -0.2) is 8.42 Å². The normalized spacial score (nSPS) is 14.0. The first-order valence-corrected chi connectivity index (χ1v) is 9.56. The highest BCUT2D eigenvalue weighted by atomic mass is 35.5. The molecule has 3 rings (SSSR count). The van der Waals surface area contributed by atoms with E-state index in [4.69, 9.17) is 23.2 Å². The summed E-state index contributed by atoms with van der Waals surface area (Å²) in [6.07, 6.45) is 0. The quantitative estimate of drug-likeness (QED) is 0.849. The maximum atomic E-state index is 12.2. The zero-order valence-corrected chi connectivity index (χ0v) is 14.6. The van der Waals surface area contributed by atoms with Gasteiger partial charge in [0.1, 0.15) is 0 Å². The summed E-state index contributed by atoms with van der Waals surface area (Å²) in [4.78, 5) is 0. The van der Waals surface area contributed by atoms with Gasteiger partial charge in [0, 0.05) is 19.6 Å². The second-order valence-electron chi connectivity index (χ2n) is 5.54. The average Bonchev–Trinajstić information content (AvgIpc) is 2.96. The number of nitrogens with one attached hydrogen (secondary N) is 2. The molecule has 1 aliphatic rings. The van der Waals surface area contributed by atoms with Crippen LogP contribution >= 0.6 is 23.2 Å². The van der Waals surface area contributed by atoms with Crippen molar-refractivity contribution in [3.05, 3.63) is 68.7 Å². The summed E-state index contributed by atoms with van der Waals surface area (Å²) in [6, 6.07) is 10.9. The molecule has 0 unspecified atom stereocenters. The van der Waals surface area contributed by atoms with Crippen LogP contribution in [0.1, 0.15) is 22.3 Å². The Balaban J connectivity index is 1.65. The summed E-state index contributed by atoms with van der Waals surface area (Å²) in [7, 11) is -3.44. The minimum atomic E-state index is -3.44. The topological polar surface area (TPSA) is 58.2 Å². The van der Waals surface area contributed by atoms with Crippen molar-refractivity contribution in [3.63, 3.8) is 0 Å². The highest BCUT2D eigenvalue weighted by Gasteiger charge is 2.14.